The number of benzene rings is 2. The van der Waals surface area contributed by atoms with E-state index >= 15 is 0 Å². The summed E-state index contributed by atoms with van der Waals surface area (Å²) in [6, 6.07) is 37.8. The molecule has 0 aliphatic rings. The van der Waals surface area contributed by atoms with Crippen molar-refractivity contribution in [1.82, 2.24) is 0 Å². The lowest BCUT2D eigenvalue weighted by molar-refractivity contribution is 1.50. The molecule has 0 saturated heterocycles. The largest absolute Gasteiger partial charge is 0.245 e. The van der Waals surface area contributed by atoms with Crippen molar-refractivity contribution in [3.05, 3.63) is 120 Å². The Morgan fingerprint density at radius 2 is 0.675 bits per heavy atom. The molecule has 40 heavy (non-hydrogen) atoms. The first kappa shape index (κ1) is 29.6. The van der Waals surface area contributed by atoms with Crippen molar-refractivity contribution in [1.29, 1.82) is 0 Å². The van der Waals surface area contributed by atoms with Crippen LogP contribution in [0.1, 0.15) is 38.8 Å². The maximum Gasteiger partial charge on any atom is 0.116 e. The fourth-order valence-corrected chi connectivity index (χ4v) is 7.60. The van der Waals surface area contributed by atoms with Crippen LogP contribution >= 0.6 is 45.3 Å². The molecule has 0 fully saturated rings. The van der Waals surface area contributed by atoms with Gasteiger partial charge in [0.1, 0.15) is 10.0 Å². The highest BCUT2D eigenvalue weighted by Gasteiger charge is 2.11. The third kappa shape index (κ3) is 7.83. The molecular formula is C34H32N2S4. The van der Waals surface area contributed by atoms with Crippen LogP contribution in [0.25, 0.3) is 29.3 Å². The van der Waals surface area contributed by atoms with Gasteiger partial charge in [0.2, 0.25) is 0 Å². The first-order chi connectivity index (χ1) is 19.8. The number of aliphatic imine (C=N–C) groups is 2. The van der Waals surface area contributed by atoms with Crippen molar-refractivity contribution in [3.63, 3.8) is 0 Å². The van der Waals surface area contributed by atoms with Crippen molar-refractivity contribution in [3.8, 4) is 29.3 Å². The highest BCUT2D eigenvalue weighted by molar-refractivity contribution is 7.29. The molecule has 0 bridgehead atoms. The van der Waals surface area contributed by atoms with Gasteiger partial charge in [-0.2, -0.15) is 0 Å². The standard InChI is InChI=1S/C30H20N2S4.2C2H6/c1-3-7-21(8-4-1)19-31-29-17-15-27(35-29)25-13-11-23(33-25)24-12-14-26(34-24)28-16-18-30(36-28)32-20-22-9-5-2-6-10-22;2*1-2/h1-20H;2*1-2H3/b31-19+,32-20+;;. The molecule has 6 aromatic rings. The zero-order valence-electron chi connectivity index (χ0n) is 23.1. The van der Waals surface area contributed by atoms with E-state index in [9.17, 15) is 0 Å². The van der Waals surface area contributed by atoms with E-state index in [-0.39, 0.29) is 0 Å². The smallest absolute Gasteiger partial charge is 0.116 e. The van der Waals surface area contributed by atoms with Gasteiger partial charge in [-0.05, 0) is 59.7 Å². The second-order valence-corrected chi connectivity index (χ2v) is 12.2. The van der Waals surface area contributed by atoms with Gasteiger partial charge in [0, 0.05) is 41.7 Å². The third-order valence-electron chi connectivity index (χ3n) is 5.41. The van der Waals surface area contributed by atoms with Crippen LogP contribution in [0, 0.1) is 0 Å². The quantitative estimate of drug-likeness (QED) is 0.164. The van der Waals surface area contributed by atoms with Gasteiger partial charge < -0.3 is 0 Å². The molecule has 0 amide bonds. The van der Waals surface area contributed by atoms with Crippen molar-refractivity contribution in [2.75, 3.05) is 0 Å². The van der Waals surface area contributed by atoms with E-state index in [1.807, 2.05) is 99.2 Å². The Kier molecular flexibility index (Phi) is 11.4. The summed E-state index contributed by atoms with van der Waals surface area (Å²) in [7, 11) is 0. The van der Waals surface area contributed by atoms with Gasteiger partial charge in [0.25, 0.3) is 0 Å². The van der Waals surface area contributed by atoms with Crippen LogP contribution in [0.5, 0.6) is 0 Å². The monoisotopic (exact) mass is 596 g/mol. The van der Waals surface area contributed by atoms with Gasteiger partial charge in [0.05, 0.1) is 0 Å². The molecule has 0 aliphatic carbocycles. The molecule has 4 heterocycles. The molecule has 202 valence electrons. The molecule has 6 rings (SSSR count). The van der Waals surface area contributed by atoms with Gasteiger partial charge in [-0.1, -0.05) is 88.4 Å². The van der Waals surface area contributed by atoms with Crippen LogP contribution in [-0.2, 0) is 0 Å². The number of rotatable bonds is 7. The molecule has 0 saturated carbocycles. The number of thiophene rings is 4. The fraction of sp³-hybridized carbons (Fsp3) is 0.118. The zero-order valence-corrected chi connectivity index (χ0v) is 26.3. The molecular weight excluding hydrogens is 565 g/mol. The first-order valence-corrected chi connectivity index (χ1v) is 16.7. The molecule has 2 nitrogen and oxygen atoms in total. The summed E-state index contributed by atoms with van der Waals surface area (Å²) in [4.78, 5) is 16.9. The Balaban J connectivity index is 0.000000886. The second-order valence-electron chi connectivity index (χ2n) is 7.94. The Bertz CT molecular complexity index is 1510. The molecule has 0 unspecified atom stereocenters. The van der Waals surface area contributed by atoms with E-state index < -0.39 is 0 Å². The van der Waals surface area contributed by atoms with Gasteiger partial charge in [0.15, 0.2) is 0 Å². The van der Waals surface area contributed by atoms with Crippen LogP contribution in [0.2, 0.25) is 0 Å². The van der Waals surface area contributed by atoms with E-state index in [0.717, 1.165) is 21.1 Å². The van der Waals surface area contributed by atoms with Gasteiger partial charge >= 0.3 is 0 Å². The van der Waals surface area contributed by atoms with E-state index in [1.165, 1.54) is 29.3 Å². The lowest BCUT2D eigenvalue weighted by Crippen LogP contribution is -1.76. The van der Waals surface area contributed by atoms with Crippen LogP contribution in [0.3, 0.4) is 0 Å². The molecule has 0 N–H and O–H groups in total. The predicted molar refractivity (Wildman–Crippen MR) is 184 cm³/mol. The average molecular weight is 597 g/mol. The maximum absolute atomic E-state index is 4.65. The minimum atomic E-state index is 1.02. The Hall–Kier alpha value is -3.42. The second kappa shape index (κ2) is 15.4. The zero-order chi connectivity index (χ0) is 28.2. The summed E-state index contributed by atoms with van der Waals surface area (Å²) in [6.07, 6.45) is 3.84. The molecule has 0 spiro atoms. The lowest BCUT2D eigenvalue weighted by atomic mass is 10.2. The van der Waals surface area contributed by atoms with E-state index in [0.29, 0.717) is 0 Å². The summed E-state index contributed by atoms with van der Waals surface area (Å²) in [6.45, 7) is 8.00. The van der Waals surface area contributed by atoms with Crippen LogP contribution < -0.4 is 0 Å². The molecule has 6 heteroatoms. The van der Waals surface area contributed by atoms with Crippen LogP contribution in [0.15, 0.2) is 119 Å². The Labute approximate surface area is 253 Å². The number of hydrogen-bond donors (Lipinski definition) is 0. The van der Waals surface area contributed by atoms with Crippen LogP contribution in [0.4, 0.5) is 10.0 Å². The Morgan fingerprint density at radius 1 is 0.375 bits per heavy atom. The van der Waals surface area contributed by atoms with Gasteiger partial charge in [-0.3, -0.25) is 0 Å². The number of nitrogens with zero attached hydrogens (tertiary/aromatic N) is 2. The van der Waals surface area contributed by atoms with Crippen molar-refractivity contribution < 1.29 is 0 Å². The normalized spacial score (nSPS) is 10.8. The van der Waals surface area contributed by atoms with Crippen LogP contribution in [-0.4, -0.2) is 12.4 Å². The van der Waals surface area contributed by atoms with Gasteiger partial charge in [-0.25, -0.2) is 9.98 Å². The van der Waals surface area contributed by atoms with Crippen molar-refractivity contribution in [2.45, 2.75) is 27.7 Å². The molecule has 4 aromatic heterocycles. The first-order valence-electron chi connectivity index (χ1n) is 13.4. The molecule has 0 aliphatic heterocycles. The summed E-state index contributed by atoms with van der Waals surface area (Å²) >= 11 is 7.12. The van der Waals surface area contributed by atoms with E-state index in [2.05, 4.69) is 82.8 Å². The highest BCUT2D eigenvalue weighted by Crippen LogP contribution is 2.44. The highest BCUT2D eigenvalue weighted by atomic mass is 32.1. The maximum atomic E-state index is 4.65. The topological polar surface area (TPSA) is 24.7 Å². The van der Waals surface area contributed by atoms with E-state index in [1.54, 1.807) is 22.7 Å². The minimum absolute atomic E-state index is 1.02. The number of hydrogen-bond acceptors (Lipinski definition) is 6. The predicted octanol–water partition coefficient (Wildman–Crippen LogP) is 12.5. The molecule has 0 radical (unpaired) electrons. The summed E-state index contributed by atoms with van der Waals surface area (Å²) in [5.41, 5.74) is 2.22. The SMILES string of the molecule is C(=N\c1ccc(-c2ccc(-c3ccc(-c4ccc(/N=C/c5ccccc5)s4)s3)s2)s1)/c1ccccc1.CC.CC. The average Bonchev–Trinajstić information content (AvgIpc) is 3.85. The van der Waals surface area contributed by atoms with E-state index in [4.69, 9.17) is 0 Å². The molecule has 0 atom stereocenters. The third-order valence-corrected chi connectivity index (χ3v) is 10.1. The minimum Gasteiger partial charge on any atom is -0.245 e. The lowest BCUT2D eigenvalue weighted by Gasteiger charge is -1.92. The van der Waals surface area contributed by atoms with Crippen molar-refractivity contribution >= 4 is 67.8 Å². The van der Waals surface area contributed by atoms with Gasteiger partial charge in [-0.15, -0.1) is 45.3 Å². The van der Waals surface area contributed by atoms with Crippen molar-refractivity contribution in [2.24, 2.45) is 9.98 Å². The molecule has 2 aromatic carbocycles. The fourth-order valence-electron chi connectivity index (χ4n) is 3.62. The summed E-state index contributed by atoms with van der Waals surface area (Å²) in [5, 5.41) is 2.04. The summed E-state index contributed by atoms with van der Waals surface area (Å²) < 4.78 is 0. The summed E-state index contributed by atoms with van der Waals surface area (Å²) in [5.74, 6) is 0. The Morgan fingerprint density at radius 3 is 1.02 bits per heavy atom.